The van der Waals surface area contributed by atoms with E-state index in [4.69, 9.17) is 0 Å². The molecule has 1 aliphatic rings. The average Bonchev–Trinajstić information content (AvgIpc) is 2.90. The van der Waals surface area contributed by atoms with Gasteiger partial charge in [-0.2, -0.15) is 5.10 Å². The van der Waals surface area contributed by atoms with Crippen LogP contribution in [0.25, 0.3) is 0 Å². The quantitative estimate of drug-likeness (QED) is 0.677. The van der Waals surface area contributed by atoms with Gasteiger partial charge in [0, 0.05) is 57.1 Å². The molecule has 2 heterocycles. The summed E-state index contributed by atoms with van der Waals surface area (Å²) in [6.07, 6.45) is 0.411. The summed E-state index contributed by atoms with van der Waals surface area (Å²) in [5.74, 6) is 0.854. The van der Waals surface area contributed by atoms with E-state index in [1.807, 2.05) is 35.3 Å². The molecule has 0 bridgehead atoms. The molecule has 158 valence electrons. The summed E-state index contributed by atoms with van der Waals surface area (Å²) in [6.45, 7) is 18.1. The number of rotatable bonds is 8. The minimum atomic E-state index is 0.157. The molecule has 28 heavy (non-hydrogen) atoms. The Labute approximate surface area is 169 Å². The summed E-state index contributed by atoms with van der Waals surface area (Å²) < 4.78 is 2.03. The number of hydrogen-bond donors (Lipinski definition) is 0. The molecule has 0 unspecified atom stereocenters. The normalized spacial score (nSPS) is 15.3. The Morgan fingerprint density at radius 1 is 1.07 bits per heavy atom. The van der Waals surface area contributed by atoms with Gasteiger partial charge in [-0.15, -0.1) is 0 Å². The van der Waals surface area contributed by atoms with Crippen LogP contribution in [-0.4, -0.2) is 82.1 Å². The number of nitrogens with zero attached hydrogens (tertiary/aromatic N) is 5. The molecule has 1 fully saturated rings. The number of aromatic nitrogens is 2. The van der Waals surface area contributed by atoms with E-state index >= 15 is 0 Å². The molecule has 2 amide bonds. The van der Waals surface area contributed by atoms with E-state index in [2.05, 4.69) is 30.8 Å². The van der Waals surface area contributed by atoms with Crippen LogP contribution in [0.3, 0.4) is 0 Å². The summed E-state index contributed by atoms with van der Waals surface area (Å²) in [4.78, 5) is 31.0. The Kier molecular flexibility index (Phi) is 8.04. The minimum Gasteiger partial charge on any atom is -0.342 e. The van der Waals surface area contributed by atoms with E-state index in [0.717, 1.165) is 49.7 Å². The molecule has 0 N–H and O–H groups in total. The van der Waals surface area contributed by atoms with E-state index in [-0.39, 0.29) is 11.8 Å². The maximum atomic E-state index is 12.8. The second-order valence-corrected chi connectivity index (χ2v) is 8.13. The van der Waals surface area contributed by atoms with Gasteiger partial charge in [-0.05, 0) is 33.6 Å². The molecule has 1 aliphatic heterocycles. The lowest BCUT2D eigenvalue weighted by Crippen LogP contribution is -2.51. The molecule has 0 atom stereocenters. The number of likely N-dealkylation sites (N-methyl/N-ethyl adjacent to an activating group) is 1. The molecule has 1 aromatic rings. The first-order chi connectivity index (χ1) is 13.3. The van der Waals surface area contributed by atoms with Crippen LogP contribution in [0.4, 0.5) is 0 Å². The molecule has 0 aromatic carbocycles. The molecule has 7 nitrogen and oxygen atoms in total. The second-order valence-electron chi connectivity index (χ2n) is 8.13. The van der Waals surface area contributed by atoms with Gasteiger partial charge in [-0.3, -0.25) is 19.2 Å². The van der Waals surface area contributed by atoms with Gasteiger partial charge in [0.05, 0.1) is 18.7 Å². The third kappa shape index (κ3) is 5.56. The average molecular weight is 392 g/mol. The minimum absolute atomic E-state index is 0.157. The number of carbonyl (C=O) groups is 2. The van der Waals surface area contributed by atoms with Crippen molar-refractivity contribution in [3.8, 4) is 0 Å². The van der Waals surface area contributed by atoms with Crippen molar-refractivity contribution in [3.63, 3.8) is 0 Å². The largest absolute Gasteiger partial charge is 0.342 e. The van der Waals surface area contributed by atoms with Crippen molar-refractivity contribution in [3.05, 3.63) is 17.0 Å². The van der Waals surface area contributed by atoms with Gasteiger partial charge >= 0.3 is 0 Å². The summed E-state index contributed by atoms with van der Waals surface area (Å²) >= 11 is 0. The molecule has 0 radical (unpaired) electrons. The van der Waals surface area contributed by atoms with E-state index in [1.54, 1.807) is 0 Å². The topological polar surface area (TPSA) is 61.7 Å². The Bertz CT molecular complexity index is 671. The smallest absolute Gasteiger partial charge is 0.236 e. The highest BCUT2D eigenvalue weighted by molar-refractivity contribution is 5.80. The summed E-state index contributed by atoms with van der Waals surface area (Å²) in [5.41, 5.74) is 3.11. The Balaban J connectivity index is 1.89. The van der Waals surface area contributed by atoms with Gasteiger partial charge in [0.2, 0.25) is 11.8 Å². The molecule has 1 aromatic heterocycles. The zero-order valence-corrected chi connectivity index (χ0v) is 18.5. The zero-order chi connectivity index (χ0) is 20.8. The van der Waals surface area contributed by atoms with Crippen molar-refractivity contribution >= 4 is 11.8 Å². The van der Waals surface area contributed by atoms with Gasteiger partial charge in [0.1, 0.15) is 0 Å². The number of hydrogen-bond acceptors (Lipinski definition) is 4. The molecule has 0 spiro atoms. The van der Waals surface area contributed by atoms with Gasteiger partial charge < -0.3 is 9.80 Å². The first-order valence-electron chi connectivity index (χ1n) is 10.6. The highest BCUT2D eigenvalue weighted by Gasteiger charge is 2.25. The van der Waals surface area contributed by atoms with E-state index < -0.39 is 0 Å². The molecule has 2 rings (SSSR count). The van der Waals surface area contributed by atoms with Crippen LogP contribution in [0.1, 0.15) is 44.6 Å². The lowest BCUT2D eigenvalue weighted by atomic mass is 10.1. The standard InChI is InChI=1S/C21H37N5O2/c1-7-24(8-2)21(28)15-23-9-11-25(12-10-23)20(27)13-19-17(5)22-26(18(19)6)14-16(3)4/h16H,7-15H2,1-6H3. The van der Waals surface area contributed by atoms with Crippen molar-refractivity contribution in [1.82, 2.24) is 24.5 Å². The third-order valence-corrected chi connectivity index (χ3v) is 5.60. The second kappa shape index (κ2) is 10.0. The highest BCUT2D eigenvalue weighted by Crippen LogP contribution is 2.17. The fourth-order valence-corrected chi connectivity index (χ4v) is 3.80. The van der Waals surface area contributed by atoms with Gasteiger partial charge in [0.15, 0.2) is 0 Å². The van der Waals surface area contributed by atoms with Crippen LogP contribution in [0, 0.1) is 19.8 Å². The maximum absolute atomic E-state index is 12.8. The van der Waals surface area contributed by atoms with Gasteiger partial charge in [0.25, 0.3) is 0 Å². The van der Waals surface area contributed by atoms with Crippen LogP contribution in [0.15, 0.2) is 0 Å². The monoisotopic (exact) mass is 391 g/mol. The highest BCUT2D eigenvalue weighted by atomic mass is 16.2. The van der Waals surface area contributed by atoms with E-state index in [9.17, 15) is 9.59 Å². The van der Waals surface area contributed by atoms with E-state index in [0.29, 0.717) is 32.0 Å². The third-order valence-electron chi connectivity index (χ3n) is 5.60. The first-order valence-corrected chi connectivity index (χ1v) is 10.6. The zero-order valence-electron chi connectivity index (χ0n) is 18.5. The predicted molar refractivity (Wildman–Crippen MR) is 111 cm³/mol. The van der Waals surface area contributed by atoms with Crippen LogP contribution in [0.2, 0.25) is 0 Å². The molecule has 0 aliphatic carbocycles. The number of amides is 2. The summed E-state index contributed by atoms with van der Waals surface area (Å²) in [6, 6.07) is 0. The Morgan fingerprint density at radius 3 is 2.21 bits per heavy atom. The first kappa shape index (κ1) is 22.4. The Hall–Kier alpha value is -1.89. The van der Waals surface area contributed by atoms with Crippen LogP contribution in [0.5, 0.6) is 0 Å². The number of piperazine rings is 1. The van der Waals surface area contributed by atoms with Crippen molar-refractivity contribution in [2.24, 2.45) is 5.92 Å². The van der Waals surface area contributed by atoms with Crippen molar-refractivity contribution in [2.45, 2.75) is 54.5 Å². The SMILES string of the molecule is CCN(CC)C(=O)CN1CCN(C(=O)Cc2c(C)nn(CC(C)C)c2C)CC1. The molecular formula is C21H37N5O2. The lowest BCUT2D eigenvalue weighted by Gasteiger charge is -2.35. The van der Waals surface area contributed by atoms with Crippen LogP contribution < -0.4 is 0 Å². The molecule has 1 saturated heterocycles. The van der Waals surface area contributed by atoms with Crippen LogP contribution >= 0.6 is 0 Å². The fourth-order valence-electron chi connectivity index (χ4n) is 3.80. The molecular weight excluding hydrogens is 354 g/mol. The van der Waals surface area contributed by atoms with Crippen molar-refractivity contribution in [2.75, 3.05) is 45.8 Å². The van der Waals surface area contributed by atoms with Crippen molar-refractivity contribution in [1.29, 1.82) is 0 Å². The Morgan fingerprint density at radius 2 is 1.68 bits per heavy atom. The number of aryl methyl sites for hydroxylation is 1. The van der Waals surface area contributed by atoms with Crippen molar-refractivity contribution < 1.29 is 9.59 Å². The van der Waals surface area contributed by atoms with Crippen LogP contribution in [-0.2, 0) is 22.6 Å². The summed E-state index contributed by atoms with van der Waals surface area (Å²) in [7, 11) is 0. The molecule has 7 heteroatoms. The molecule has 0 saturated carbocycles. The maximum Gasteiger partial charge on any atom is 0.236 e. The predicted octanol–water partition coefficient (Wildman–Crippen LogP) is 1.71. The van der Waals surface area contributed by atoms with Gasteiger partial charge in [-0.1, -0.05) is 13.8 Å². The fraction of sp³-hybridized carbons (Fsp3) is 0.762. The van der Waals surface area contributed by atoms with Gasteiger partial charge in [-0.25, -0.2) is 0 Å². The summed E-state index contributed by atoms with van der Waals surface area (Å²) in [5, 5.41) is 4.62. The number of carbonyl (C=O) groups excluding carboxylic acids is 2. The van der Waals surface area contributed by atoms with E-state index in [1.165, 1.54) is 0 Å². The lowest BCUT2D eigenvalue weighted by molar-refractivity contribution is -0.134.